The molecule has 0 radical (unpaired) electrons. The highest BCUT2D eigenvalue weighted by atomic mass is 16.5. The lowest BCUT2D eigenvalue weighted by Gasteiger charge is -2.23. The van der Waals surface area contributed by atoms with Crippen LogP contribution in [0.5, 0.6) is 0 Å². The Balaban J connectivity index is 1.62. The van der Waals surface area contributed by atoms with Crippen LogP contribution in [0.3, 0.4) is 0 Å². The van der Waals surface area contributed by atoms with Crippen molar-refractivity contribution in [1.82, 2.24) is 5.32 Å². The molecule has 4 heteroatoms. The molecular formula is C10H15NO3. The van der Waals surface area contributed by atoms with Crippen LogP contribution in [-0.4, -0.2) is 32.4 Å². The van der Waals surface area contributed by atoms with Gasteiger partial charge in [0.1, 0.15) is 0 Å². The predicted octanol–water partition coefficient (Wildman–Crippen LogP) is 0.785. The molecule has 1 aromatic heterocycles. The zero-order valence-corrected chi connectivity index (χ0v) is 8.07. The van der Waals surface area contributed by atoms with Crippen molar-refractivity contribution in [2.24, 2.45) is 0 Å². The molecule has 0 saturated carbocycles. The van der Waals surface area contributed by atoms with E-state index in [0.717, 1.165) is 25.3 Å². The van der Waals surface area contributed by atoms with Crippen molar-refractivity contribution < 1.29 is 13.9 Å². The van der Waals surface area contributed by atoms with Gasteiger partial charge in [0.15, 0.2) is 0 Å². The van der Waals surface area contributed by atoms with Crippen molar-refractivity contribution in [1.29, 1.82) is 0 Å². The lowest BCUT2D eigenvalue weighted by Crippen LogP contribution is -2.40. The van der Waals surface area contributed by atoms with E-state index in [4.69, 9.17) is 13.9 Å². The van der Waals surface area contributed by atoms with Gasteiger partial charge in [0.25, 0.3) is 0 Å². The minimum atomic E-state index is 0.190. The maximum atomic E-state index is 5.49. The van der Waals surface area contributed by atoms with Crippen molar-refractivity contribution in [3.05, 3.63) is 24.2 Å². The van der Waals surface area contributed by atoms with E-state index in [9.17, 15) is 0 Å². The molecule has 1 unspecified atom stereocenters. The molecule has 2 rings (SSSR count). The standard InChI is InChI=1S/C10H15NO3/c1-3-12-6-9(1)7-13-8-10-5-11-2-4-14-10/h1,3,6,10-11H,2,4-5,7-8H2. The van der Waals surface area contributed by atoms with Crippen LogP contribution in [0.2, 0.25) is 0 Å². The van der Waals surface area contributed by atoms with E-state index < -0.39 is 0 Å². The summed E-state index contributed by atoms with van der Waals surface area (Å²) >= 11 is 0. The van der Waals surface area contributed by atoms with E-state index in [1.807, 2.05) is 6.07 Å². The van der Waals surface area contributed by atoms with Gasteiger partial charge in [0.2, 0.25) is 0 Å². The number of rotatable bonds is 4. The topological polar surface area (TPSA) is 43.6 Å². The maximum Gasteiger partial charge on any atom is 0.0957 e. The number of hydrogen-bond donors (Lipinski definition) is 1. The van der Waals surface area contributed by atoms with Gasteiger partial charge in [-0.05, 0) is 6.07 Å². The average molecular weight is 197 g/mol. The number of hydrogen-bond acceptors (Lipinski definition) is 4. The second kappa shape index (κ2) is 5.14. The summed E-state index contributed by atoms with van der Waals surface area (Å²) in [5.41, 5.74) is 1.06. The Labute approximate surface area is 83.2 Å². The fourth-order valence-corrected chi connectivity index (χ4v) is 1.41. The summed E-state index contributed by atoms with van der Waals surface area (Å²) < 4.78 is 15.9. The minimum absolute atomic E-state index is 0.190. The monoisotopic (exact) mass is 197 g/mol. The molecule has 0 aliphatic carbocycles. The molecule has 1 aromatic rings. The fourth-order valence-electron chi connectivity index (χ4n) is 1.41. The normalized spacial score (nSPS) is 22.4. The summed E-state index contributed by atoms with van der Waals surface area (Å²) in [6.45, 7) is 3.83. The van der Waals surface area contributed by atoms with Gasteiger partial charge in [-0.1, -0.05) is 0 Å². The first-order valence-corrected chi connectivity index (χ1v) is 4.86. The van der Waals surface area contributed by atoms with Gasteiger partial charge in [0, 0.05) is 18.7 Å². The zero-order chi connectivity index (χ0) is 9.64. The molecule has 1 atom stereocenters. The van der Waals surface area contributed by atoms with Gasteiger partial charge in [-0.15, -0.1) is 0 Å². The number of nitrogens with one attached hydrogen (secondary N) is 1. The summed E-state index contributed by atoms with van der Waals surface area (Å²) in [6.07, 6.45) is 3.53. The first-order valence-electron chi connectivity index (χ1n) is 4.86. The van der Waals surface area contributed by atoms with Crippen molar-refractivity contribution in [3.63, 3.8) is 0 Å². The van der Waals surface area contributed by atoms with E-state index in [0.29, 0.717) is 13.2 Å². The third kappa shape index (κ3) is 2.83. The van der Waals surface area contributed by atoms with Crippen LogP contribution >= 0.6 is 0 Å². The van der Waals surface area contributed by atoms with Crippen LogP contribution < -0.4 is 5.32 Å². The molecular weight excluding hydrogens is 182 g/mol. The first kappa shape index (κ1) is 9.71. The Morgan fingerprint density at radius 2 is 2.57 bits per heavy atom. The Hall–Kier alpha value is -0.840. The molecule has 0 bridgehead atoms. The molecule has 1 aliphatic heterocycles. The summed E-state index contributed by atoms with van der Waals surface area (Å²) in [4.78, 5) is 0. The Kier molecular flexibility index (Phi) is 3.57. The molecule has 78 valence electrons. The summed E-state index contributed by atoms with van der Waals surface area (Å²) in [6, 6.07) is 1.90. The van der Waals surface area contributed by atoms with Crippen LogP contribution in [0.4, 0.5) is 0 Å². The molecule has 2 heterocycles. The highest BCUT2D eigenvalue weighted by molar-refractivity contribution is 5.03. The number of ether oxygens (including phenoxy) is 2. The highest BCUT2D eigenvalue weighted by Crippen LogP contribution is 2.03. The largest absolute Gasteiger partial charge is 0.472 e. The molecule has 4 nitrogen and oxygen atoms in total. The van der Waals surface area contributed by atoms with Gasteiger partial charge >= 0.3 is 0 Å². The van der Waals surface area contributed by atoms with Gasteiger partial charge < -0.3 is 19.2 Å². The molecule has 1 aliphatic rings. The van der Waals surface area contributed by atoms with Crippen molar-refractivity contribution in [2.45, 2.75) is 12.7 Å². The van der Waals surface area contributed by atoms with Crippen LogP contribution in [0.15, 0.2) is 23.0 Å². The summed E-state index contributed by atoms with van der Waals surface area (Å²) in [5, 5.41) is 3.25. The Morgan fingerprint density at radius 1 is 1.57 bits per heavy atom. The van der Waals surface area contributed by atoms with Crippen LogP contribution in [0.25, 0.3) is 0 Å². The zero-order valence-electron chi connectivity index (χ0n) is 8.07. The molecule has 0 aromatic carbocycles. The average Bonchev–Trinajstić information content (AvgIpc) is 2.72. The van der Waals surface area contributed by atoms with Gasteiger partial charge in [0.05, 0.1) is 38.5 Å². The van der Waals surface area contributed by atoms with E-state index >= 15 is 0 Å². The quantitative estimate of drug-likeness (QED) is 0.774. The van der Waals surface area contributed by atoms with E-state index in [-0.39, 0.29) is 6.10 Å². The maximum absolute atomic E-state index is 5.49. The second-order valence-electron chi connectivity index (χ2n) is 3.34. The van der Waals surface area contributed by atoms with Crippen molar-refractivity contribution in [3.8, 4) is 0 Å². The molecule has 1 saturated heterocycles. The van der Waals surface area contributed by atoms with Gasteiger partial charge in [-0.25, -0.2) is 0 Å². The highest BCUT2D eigenvalue weighted by Gasteiger charge is 2.12. The SMILES string of the molecule is c1cc(COCC2CNCCO2)co1. The van der Waals surface area contributed by atoms with Crippen LogP contribution in [0.1, 0.15) is 5.56 Å². The van der Waals surface area contributed by atoms with E-state index in [2.05, 4.69) is 5.32 Å². The van der Waals surface area contributed by atoms with E-state index in [1.54, 1.807) is 12.5 Å². The lowest BCUT2D eigenvalue weighted by atomic mass is 10.3. The van der Waals surface area contributed by atoms with Gasteiger partial charge in [-0.3, -0.25) is 0 Å². The smallest absolute Gasteiger partial charge is 0.0957 e. The lowest BCUT2D eigenvalue weighted by molar-refractivity contribution is -0.0358. The molecule has 1 N–H and O–H groups in total. The third-order valence-electron chi connectivity index (χ3n) is 2.16. The predicted molar refractivity (Wildman–Crippen MR) is 51.0 cm³/mol. The van der Waals surface area contributed by atoms with E-state index in [1.165, 1.54) is 0 Å². The molecule has 14 heavy (non-hydrogen) atoms. The number of morpholine rings is 1. The molecule has 0 amide bonds. The van der Waals surface area contributed by atoms with Crippen LogP contribution in [-0.2, 0) is 16.1 Å². The molecule has 0 spiro atoms. The summed E-state index contributed by atoms with van der Waals surface area (Å²) in [7, 11) is 0. The van der Waals surface area contributed by atoms with Crippen LogP contribution in [0, 0.1) is 0 Å². The fraction of sp³-hybridized carbons (Fsp3) is 0.600. The molecule has 1 fully saturated rings. The Morgan fingerprint density at radius 3 is 3.29 bits per heavy atom. The van der Waals surface area contributed by atoms with Gasteiger partial charge in [-0.2, -0.15) is 0 Å². The first-order chi connectivity index (χ1) is 6.95. The van der Waals surface area contributed by atoms with Crippen molar-refractivity contribution >= 4 is 0 Å². The van der Waals surface area contributed by atoms with Crippen molar-refractivity contribution in [2.75, 3.05) is 26.3 Å². The second-order valence-corrected chi connectivity index (χ2v) is 3.34. The Bertz CT molecular complexity index is 242. The number of furan rings is 1. The minimum Gasteiger partial charge on any atom is -0.472 e. The third-order valence-corrected chi connectivity index (χ3v) is 2.16. The summed E-state index contributed by atoms with van der Waals surface area (Å²) in [5.74, 6) is 0.